The number of aromatic nitrogens is 1. The fourth-order valence-electron chi connectivity index (χ4n) is 2.55. The van der Waals surface area contributed by atoms with Crippen LogP contribution in [0, 0.1) is 22.7 Å². The zero-order valence-electron chi connectivity index (χ0n) is 13.5. The lowest BCUT2D eigenvalue weighted by Crippen LogP contribution is -1.81. The van der Waals surface area contributed by atoms with Crippen molar-refractivity contribution in [3.8, 4) is 42.9 Å². The molecule has 1 aromatic carbocycles. The summed E-state index contributed by atoms with van der Waals surface area (Å²) in [6.45, 7) is 0. The summed E-state index contributed by atoms with van der Waals surface area (Å²) in [5.41, 5.74) is 3.23. The van der Waals surface area contributed by atoms with Gasteiger partial charge in [0.05, 0.1) is 27.8 Å². The predicted molar refractivity (Wildman–Crippen MR) is 106 cm³/mol. The highest BCUT2D eigenvalue weighted by molar-refractivity contribution is 7.25. The molecule has 0 aliphatic rings. The molecule has 0 N–H and O–H groups in total. The molecule has 0 unspecified atom stereocenters. The highest BCUT2D eigenvalue weighted by Gasteiger charge is 2.09. The second kappa shape index (κ2) is 6.93. The van der Waals surface area contributed by atoms with E-state index in [9.17, 15) is 0 Å². The van der Waals surface area contributed by atoms with E-state index in [-0.39, 0.29) is 0 Å². The molecule has 5 heteroatoms. The standard InChI is InChI=1S/C21H11N3S2/c22-11-14-1-4-16(5-2-14)18-7-9-20(25-18)21-10-8-19(26-21)17-6-3-15(12-23)13-24-17/h1-10,13H. The van der Waals surface area contributed by atoms with Gasteiger partial charge in [0.1, 0.15) is 6.07 Å². The SMILES string of the molecule is N#Cc1ccc(-c2ccc(-c3ccc(-c4ccc(C#N)cn4)s3)s2)cc1. The van der Waals surface area contributed by atoms with Gasteiger partial charge in [0.15, 0.2) is 0 Å². The van der Waals surface area contributed by atoms with Crippen LogP contribution in [0.4, 0.5) is 0 Å². The molecule has 0 saturated carbocycles. The van der Waals surface area contributed by atoms with Crippen molar-refractivity contribution in [3.05, 3.63) is 78.0 Å². The molecule has 0 aliphatic heterocycles. The van der Waals surface area contributed by atoms with Gasteiger partial charge in [-0.25, -0.2) is 0 Å². The molecule has 0 atom stereocenters. The molecule has 0 bridgehead atoms. The van der Waals surface area contributed by atoms with Crippen molar-refractivity contribution in [2.24, 2.45) is 0 Å². The van der Waals surface area contributed by atoms with Crippen LogP contribution in [-0.2, 0) is 0 Å². The van der Waals surface area contributed by atoms with E-state index in [1.165, 1.54) is 14.6 Å². The monoisotopic (exact) mass is 369 g/mol. The number of benzene rings is 1. The van der Waals surface area contributed by atoms with Crippen molar-refractivity contribution < 1.29 is 0 Å². The van der Waals surface area contributed by atoms with Crippen molar-refractivity contribution in [3.63, 3.8) is 0 Å². The first-order valence-corrected chi connectivity index (χ1v) is 9.47. The minimum Gasteiger partial charge on any atom is -0.254 e. The summed E-state index contributed by atoms with van der Waals surface area (Å²) in [7, 11) is 0. The molecule has 4 rings (SSSR count). The molecule has 0 fully saturated rings. The largest absolute Gasteiger partial charge is 0.254 e. The van der Waals surface area contributed by atoms with Crippen LogP contribution >= 0.6 is 22.7 Å². The maximum atomic E-state index is 8.91. The average Bonchev–Trinajstić information content (AvgIpc) is 3.38. The van der Waals surface area contributed by atoms with Crippen LogP contribution in [0.2, 0.25) is 0 Å². The first-order chi connectivity index (χ1) is 12.8. The molecule has 3 nitrogen and oxygen atoms in total. The van der Waals surface area contributed by atoms with Crippen molar-refractivity contribution in [2.75, 3.05) is 0 Å². The fourth-order valence-corrected chi connectivity index (χ4v) is 4.63. The highest BCUT2D eigenvalue weighted by Crippen LogP contribution is 2.39. The van der Waals surface area contributed by atoms with Crippen LogP contribution in [0.5, 0.6) is 0 Å². The number of hydrogen-bond acceptors (Lipinski definition) is 5. The van der Waals surface area contributed by atoms with Crippen molar-refractivity contribution in [1.82, 2.24) is 4.98 Å². The predicted octanol–water partition coefficient (Wildman–Crippen LogP) is 5.95. The van der Waals surface area contributed by atoms with Gasteiger partial charge in [0, 0.05) is 20.8 Å². The Morgan fingerprint density at radius 3 is 1.81 bits per heavy atom. The van der Waals surface area contributed by atoms with Gasteiger partial charge in [0.25, 0.3) is 0 Å². The number of hydrogen-bond donors (Lipinski definition) is 0. The van der Waals surface area contributed by atoms with E-state index in [4.69, 9.17) is 10.5 Å². The van der Waals surface area contributed by atoms with E-state index >= 15 is 0 Å². The molecule has 0 radical (unpaired) electrons. The van der Waals surface area contributed by atoms with E-state index < -0.39 is 0 Å². The molecular formula is C21H11N3S2. The van der Waals surface area contributed by atoms with E-state index in [1.54, 1.807) is 34.9 Å². The van der Waals surface area contributed by atoms with Gasteiger partial charge in [-0.2, -0.15) is 10.5 Å². The lowest BCUT2D eigenvalue weighted by molar-refractivity contribution is 1.31. The molecule has 0 aliphatic carbocycles. The summed E-state index contributed by atoms with van der Waals surface area (Å²) < 4.78 is 0. The van der Waals surface area contributed by atoms with Gasteiger partial charge in [-0.1, -0.05) is 12.1 Å². The Morgan fingerprint density at radius 2 is 1.19 bits per heavy atom. The van der Waals surface area contributed by atoms with Crippen LogP contribution in [-0.4, -0.2) is 4.98 Å². The van der Waals surface area contributed by atoms with Gasteiger partial charge >= 0.3 is 0 Å². The summed E-state index contributed by atoms with van der Waals surface area (Å²) in [4.78, 5) is 9.01. The van der Waals surface area contributed by atoms with Gasteiger partial charge < -0.3 is 0 Å². The Morgan fingerprint density at radius 1 is 0.615 bits per heavy atom. The molecule has 122 valence electrons. The molecule has 0 amide bonds. The molecule has 0 spiro atoms. The molecule has 3 aromatic heterocycles. The summed E-state index contributed by atoms with van der Waals surface area (Å²) in [6, 6.07) is 24.0. The summed E-state index contributed by atoms with van der Waals surface area (Å²) in [5, 5.41) is 17.8. The first kappa shape index (κ1) is 16.2. The number of pyridine rings is 1. The van der Waals surface area contributed by atoms with Gasteiger partial charge in [-0.05, 0) is 54.1 Å². The van der Waals surface area contributed by atoms with Crippen LogP contribution in [0.1, 0.15) is 11.1 Å². The Labute approximate surface area is 159 Å². The molecular weight excluding hydrogens is 358 g/mol. The Kier molecular flexibility index (Phi) is 4.33. The van der Waals surface area contributed by atoms with E-state index in [2.05, 4.69) is 41.4 Å². The Balaban J connectivity index is 1.61. The second-order valence-electron chi connectivity index (χ2n) is 5.56. The fraction of sp³-hybridized carbons (Fsp3) is 0. The van der Waals surface area contributed by atoms with E-state index in [0.29, 0.717) is 11.1 Å². The molecule has 3 heterocycles. The third-order valence-corrected chi connectivity index (χ3v) is 6.34. The molecule has 4 aromatic rings. The number of thiophene rings is 2. The Bertz CT molecular complexity index is 1040. The van der Waals surface area contributed by atoms with E-state index in [1.807, 2.05) is 30.3 Å². The van der Waals surface area contributed by atoms with Gasteiger partial charge in [0.2, 0.25) is 0 Å². The summed E-state index contributed by atoms with van der Waals surface area (Å²) in [6.07, 6.45) is 1.60. The minimum atomic E-state index is 0.566. The van der Waals surface area contributed by atoms with Crippen LogP contribution in [0.25, 0.3) is 30.8 Å². The summed E-state index contributed by atoms with van der Waals surface area (Å²) >= 11 is 3.42. The lowest BCUT2D eigenvalue weighted by Gasteiger charge is -1.97. The van der Waals surface area contributed by atoms with E-state index in [0.717, 1.165) is 16.1 Å². The third kappa shape index (κ3) is 3.14. The average molecular weight is 369 g/mol. The van der Waals surface area contributed by atoms with Crippen molar-refractivity contribution in [2.45, 2.75) is 0 Å². The highest BCUT2D eigenvalue weighted by atomic mass is 32.1. The second-order valence-corrected chi connectivity index (χ2v) is 7.73. The normalized spacial score (nSPS) is 10.2. The van der Waals surface area contributed by atoms with Crippen LogP contribution in [0.3, 0.4) is 0 Å². The van der Waals surface area contributed by atoms with Crippen molar-refractivity contribution in [1.29, 1.82) is 10.5 Å². The third-order valence-electron chi connectivity index (χ3n) is 3.90. The zero-order valence-corrected chi connectivity index (χ0v) is 15.1. The topological polar surface area (TPSA) is 60.5 Å². The van der Waals surface area contributed by atoms with Gasteiger partial charge in [-0.3, -0.25) is 4.98 Å². The number of nitrogens with zero attached hydrogens (tertiary/aromatic N) is 3. The van der Waals surface area contributed by atoms with Crippen LogP contribution in [0.15, 0.2) is 66.9 Å². The number of rotatable bonds is 3. The van der Waals surface area contributed by atoms with Crippen molar-refractivity contribution >= 4 is 22.7 Å². The van der Waals surface area contributed by atoms with Gasteiger partial charge in [-0.15, -0.1) is 22.7 Å². The lowest BCUT2D eigenvalue weighted by atomic mass is 10.1. The maximum Gasteiger partial charge on any atom is 0.101 e. The molecule has 26 heavy (non-hydrogen) atoms. The molecule has 0 saturated heterocycles. The minimum absolute atomic E-state index is 0.566. The quantitative estimate of drug-likeness (QED) is 0.448. The first-order valence-electron chi connectivity index (χ1n) is 7.84. The summed E-state index contributed by atoms with van der Waals surface area (Å²) in [5.74, 6) is 0. The maximum absolute atomic E-state index is 8.91. The smallest absolute Gasteiger partial charge is 0.101 e. The Hall–Kier alpha value is -3.25. The van der Waals surface area contributed by atoms with Crippen LogP contribution < -0.4 is 0 Å². The number of nitriles is 2. The zero-order chi connectivity index (χ0) is 17.9.